The lowest BCUT2D eigenvalue weighted by Gasteiger charge is -2.33. The van der Waals surface area contributed by atoms with Gasteiger partial charge >= 0.3 is 6.09 Å². The predicted octanol–water partition coefficient (Wildman–Crippen LogP) is 1.21. The van der Waals surface area contributed by atoms with E-state index in [0.29, 0.717) is 44.3 Å². The highest BCUT2D eigenvalue weighted by atomic mass is 16.6. The molecule has 0 radical (unpaired) electrons. The van der Waals surface area contributed by atoms with Gasteiger partial charge in [0, 0.05) is 45.1 Å². The van der Waals surface area contributed by atoms with Gasteiger partial charge in [-0.05, 0) is 13.3 Å². The van der Waals surface area contributed by atoms with Crippen LogP contribution in [-0.2, 0) is 4.74 Å². The minimum absolute atomic E-state index is 0.115. The lowest BCUT2D eigenvalue weighted by molar-refractivity contribution is 0.0570. The van der Waals surface area contributed by atoms with Crippen LogP contribution in [0.15, 0.2) is 12.4 Å². The van der Waals surface area contributed by atoms with Crippen molar-refractivity contribution in [3.63, 3.8) is 0 Å². The lowest BCUT2D eigenvalue weighted by atomic mass is 10.2. The van der Waals surface area contributed by atoms with Crippen molar-refractivity contribution in [2.24, 2.45) is 0 Å². The Labute approximate surface area is 135 Å². The minimum atomic E-state index is -0.325. The van der Waals surface area contributed by atoms with Gasteiger partial charge in [0.05, 0.1) is 12.2 Å². The summed E-state index contributed by atoms with van der Waals surface area (Å²) in [5.41, 5.74) is 0.455. The molecule has 126 valence electrons. The summed E-state index contributed by atoms with van der Waals surface area (Å²) >= 11 is 0. The average Bonchev–Trinajstić information content (AvgIpc) is 2.60. The quantitative estimate of drug-likeness (QED) is 0.877. The Hall–Kier alpha value is -2.38. The molecule has 8 nitrogen and oxygen atoms in total. The van der Waals surface area contributed by atoms with E-state index in [-0.39, 0.29) is 12.0 Å². The number of hydrogen-bond acceptors (Lipinski definition) is 6. The Bertz CT molecular complexity index is 526. The summed E-state index contributed by atoms with van der Waals surface area (Å²) in [5, 5.41) is 3.07. The summed E-state index contributed by atoms with van der Waals surface area (Å²) in [6, 6.07) is 0. The molecule has 1 aromatic heterocycles. The number of carbonyl (C=O) groups excluding carboxylic acids is 2. The zero-order valence-electron chi connectivity index (χ0n) is 13.6. The van der Waals surface area contributed by atoms with E-state index in [9.17, 15) is 9.59 Å². The van der Waals surface area contributed by atoms with Gasteiger partial charge < -0.3 is 19.9 Å². The fraction of sp³-hybridized carbons (Fsp3) is 0.600. The van der Waals surface area contributed by atoms with Crippen LogP contribution < -0.4 is 5.32 Å². The highest BCUT2D eigenvalue weighted by Crippen LogP contribution is 2.09. The van der Waals surface area contributed by atoms with Crippen LogP contribution in [0.2, 0.25) is 0 Å². The van der Waals surface area contributed by atoms with Gasteiger partial charge in [-0.1, -0.05) is 6.92 Å². The van der Waals surface area contributed by atoms with Gasteiger partial charge in [-0.2, -0.15) is 0 Å². The first-order valence-corrected chi connectivity index (χ1v) is 7.92. The Morgan fingerprint density at radius 2 is 1.74 bits per heavy atom. The first-order valence-electron chi connectivity index (χ1n) is 7.92. The van der Waals surface area contributed by atoms with E-state index in [0.717, 1.165) is 13.0 Å². The third kappa shape index (κ3) is 4.54. The summed E-state index contributed by atoms with van der Waals surface area (Å²) < 4.78 is 4.96. The number of rotatable bonds is 5. The van der Waals surface area contributed by atoms with E-state index < -0.39 is 0 Å². The number of piperazine rings is 1. The van der Waals surface area contributed by atoms with Crippen LogP contribution in [0.25, 0.3) is 0 Å². The smallest absolute Gasteiger partial charge is 0.409 e. The van der Waals surface area contributed by atoms with Crippen LogP contribution in [0.1, 0.15) is 30.6 Å². The first kappa shape index (κ1) is 17.0. The minimum Gasteiger partial charge on any atom is -0.450 e. The molecule has 0 aromatic carbocycles. The third-order valence-corrected chi connectivity index (χ3v) is 3.52. The largest absolute Gasteiger partial charge is 0.450 e. The van der Waals surface area contributed by atoms with Crippen LogP contribution in [0.5, 0.6) is 0 Å². The fourth-order valence-electron chi connectivity index (χ4n) is 2.26. The standard InChI is InChI=1S/C15H23N5O3/c1-3-5-16-14-17-10-12(11-18-14)13(21)19-6-8-20(9-7-19)15(22)23-4-2/h10-11H,3-9H2,1-2H3,(H,16,17,18). The molecule has 2 rings (SSSR count). The molecule has 8 heteroatoms. The molecule has 0 unspecified atom stereocenters. The van der Waals surface area contributed by atoms with Gasteiger partial charge in [-0.3, -0.25) is 4.79 Å². The number of hydrogen-bond donors (Lipinski definition) is 1. The van der Waals surface area contributed by atoms with Crippen LogP contribution in [-0.4, -0.2) is 71.1 Å². The Kier molecular flexibility index (Phi) is 6.13. The highest BCUT2D eigenvalue weighted by Gasteiger charge is 2.25. The molecule has 1 aromatic rings. The highest BCUT2D eigenvalue weighted by molar-refractivity contribution is 5.93. The van der Waals surface area contributed by atoms with E-state index in [2.05, 4.69) is 22.2 Å². The number of ether oxygens (including phenoxy) is 1. The summed E-state index contributed by atoms with van der Waals surface area (Å²) in [7, 11) is 0. The molecular formula is C15H23N5O3. The Morgan fingerprint density at radius 3 is 2.30 bits per heavy atom. The van der Waals surface area contributed by atoms with Gasteiger partial charge in [0.15, 0.2) is 0 Å². The number of aromatic nitrogens is 2. The monoisotopic (exact) mass is 321 g/mol. The molecule has 0 atom stereocenters. The van der Waals surface area contributed by atoms with Crippen LogP contribution in [0.4, 0.5) is 10.7 Å². The predicted molar refractivity (Wildman–Crippen MR) is 85.3 cm³/mol. The van der Waals surface area contributed by atoms with Gasteiger partial charge in [0.25, 0.3) is 5.91 Å². The summed E-state index contributed by atoms with van der Waals surface area (Å²) in [6.07, 6.45) is 3.72. The van der Waals surface area contributed by atoms with Gasteiger partial charge in [0.1, 0.15) is 0 Å². The normalized spacial score (nSPS) is 14.5. The molecule has 23 heavy (non-hydrogen) atoms. The number of nitrogens with one attached hydrogen (secondary N) is 1. The summed E-state index contributed by atoms with van der Waals surface area (Å²) in [5.74, 6) is 0.408. The molecule has 0 spiro atoms. The molecule has 0 saturated carbocycles. The number of nitrogens with zero attached hydrogens (tertiary/aromatic N) is 4. The maximum atomic E-state index is 12.4. The molecule has 0 bridgehead atoms. The molecule has 2 heterocycles. The third-order valence-electron chi connectivity index (χ3n) is 3.52. The topological polar surface area (TPSA) is 87.7 Å². The maximum absolute atomic E-state index is 12.4. The number of anilines is 1. The van der Waals surface area contributed by atoms with Crippen molar-refractivity contribution in [1.29, 1.82) is 0 Å². The molecule has 1 N–H and O–H groups in total. The molecule has 1 aliphatic heterocycles. The van der Waals surface area contributed by atoms with Crippen LogP contribution >= 0.6 is 0 Å². The van der Waals surface area contributed by atoms with Crippen molar-refractivity contribution < 1.29 is 14.3 Å². The molecule has 1 aliphatic rings. The van der Waals surface area contributed by atoms with Crippen molar-refractivity contribution in [3.8, 4) is 0 Å². The zero-order valence-corrected chi connectivity index (χ0v) is 13.6. The summed E-state index contributed by atoms with van der Waals surface area (Å²) in [4.78, 5) is 35.7. The van der Waals surface area contributed by atoms with E-state index in [4.69, 9.17) is 4.74 Å². The van der Waals surface area contributed by atoms with Crippen molar-refractivity contribution in [3.05, 3.63) is 18.0 Å². The van der Waals surface area contributed by atoms with Crippen LogP contribution in [0, 0.1) is 0 Å². The number of carbonyl (C=O) groups is 2. The molecule has 2 amide bonds. The maximum Gasteiger partial charge on any atom is 0.409 e. The van der Waals surface area contributed by atoms with Crippen molar-refractivity contribution >= 4 is 17.9 Å². The Balaban J connectivity index is 1.88. The van der Waals surface area contributed by atoms with Crippen molar-refractivity contribution in [2.75, 3.05) is 44.6 Å². The first-order chi connectivity index (χ1) is 11.2. The van der Waals surface area contributed by atoms with E-state index in [1.165, 1.54) is 12.4 Å². The second-order valence-electron chi connectivity index (χ2n) is 5.20. The second kappa shape index (κ2) is 8.30. The Morgan fingerprint density at radius 1 is 1.13 bits per heavy atom. The molecule has 1 saturated heterocycles. The van der Waals surface area contributed by atoms with Gasteiger partial charge in [-0.25, -0.2) is 14.8 Å². The lowest BCUT2D eigenvalue weighted by Crippen LogP contribution is -2.50. The SMILES string of the molecule is CCCNc1ncc(C(=O)N2CCN(C(=O)OCC)CC2)cn1. The van der Waals surface area contributed by atoms with E-state index in [1.54, 1.807) is 16.7 Å². The van der Waals surface area contributed by atoms with E-state index in [1.807, 2.05) is 0 Å². The van der Waals surface area contributed by atoms with E-state index >= 15 is 0 Å². The molecule has 0 aliphatic carbocycles. The van der Waals surface area contributed by atoms with Gasteiger partial charge in [-0.15, -0.1) is 0 Å². The van der Waals surface area contributed by atoms with Crippen LogP contribution in [0.3, 0.4) is 0 Å². The summed E-state index contributed by atoms with van der Waals surface area (Å²) in [6.45, 7) is 6.89. The zero-order chi connectivity index (χ0) is 16.7. The van der Waals surface area contributed by atoms with Crippen molar-refractivity contribution in [2.45, 2.75) is 20.3 Å². The molecule has 1 fully saturated rings. The average molecular weight is 321 g/mol. The van der Waals surface area contributed by atoms with Gasteiger partial charge in [0.2, 0.25) is 5.95 Å². The van der Waals surface area contributed by atoms with Crippen molar-refractivity contribution in [1.82, 2.24) is 19.8 Å². The fourth-order valence-corrected chi connectivity index (χ4v) is 2.26. The molecular weight excluding hydrogens is 298 g/mol. The number of amides is 2. The second-order valence-corrected chi connectivity index (χ2v) is 5.20.